The third kappa shape index (κ3) is 3.51. The van der Waals surface area contributed by atoms with Crippen LogP contribution in [0.25, 0.3) is 5.82 Å². The highest BCUT2D eigenvalue weighted by Crippen LogP contribution is 2.21. The van der Waals surface area contributed by atoms with Crippen LogP contribution in [0, 0.1) is 20.8 Å². The molecule has 2 rings (SSSR count). The number of nitrogens with one attached hydrogen (secondary N) is 1. The monoisotopic (exact) mass is 326 g/mol. The Morgan fingerprint density at radius 2 is 2.05 bits per heavy atom. The first-order valence-electron chi connectivity index (χ1n) is 6.98. The zero-order valence-corrected chi connectivity index (χ0v) is 14.5. The number of aryl methyl sites for hydroxylation is 2. The summed E-state index contributed by atoms with van der Waals surface area (Å²) in [4.78, 5) is 14.2. The fourth-order valence-corrected chi connectivity index (χ4v) is 2.38. The third-order valence-corrected chi connectivity index (χ3v) is 3.55. The van der Waals surface area contributed by atoms with Gasteiger partial charge in [-0.3, -0.25) is 9.36 Å². The Kier molecular flexibility index (Phi) is 6.20. The van der Waals surface area contributed by atoms with Crippen LogP contribution in [0.2, 0.25) is 0 Å². The Morgan fingerprint density at radius 3 is 2.59 bits per heavy atom. The molecular formula is C15H23ClN4O2. The van der Waals surface area contributed by atoms with Gasteiger partial charge in [-0.25, -0.2) is 0 Å². The highest BCUT2D eigenvalue weighted by molar-refractivity contribution is 5.95. The second kappa shape index (κ2) is 7.47. The van der Waals surface area contributed by atoms with E-state index in [0.29, 0.717) is 17.9 Å². The van der Waals surface area contributed by atoms with Gasteiger partial charge in [-0.15, -0.1) is 12.4 Å². The van der Waals surface area contributed by atoms with Gasteiger partial charge in [0, 0.05) is 37.6 Å². The van der Waals surface area contributed by atoms with Gasteiger partial charge in [-0.05, 0) is 33.9 Å². The third-order valence-electron chi connectivity index (χ3n) is 3.55. The molecule has 22 heavy (non-hydrogen) atoms. The molecular weight excluding hydrogens is 304 g/mol. The van der Waals surface area contributed by atoms with Gasteiger partial charge in [0.05, 0.1) is 5.56 Å². The predicted molar refractivity (Wildman–Crippen MR) is 88.2 cm³/mol. The first kappa shape index (κ1) is 18.3. The van der Waals surface area contributed by atoms with E-state index in [4.69, 9.17) is 4.52 Å². The lowest BCUT2D eigenvalue weighted by molar-refractivity contribution is 0.0796. The lowest BCUT2D eigenvalue weighted by atomic mass is 10.2. The van der Waals surface area contributed by atoms with Crippen molar-refractivity contribution in [3.05, 3.63) is 34.8 Å². The summed E-state index contributed by atoms with van der Waals surface area (Å²) >= 11 is 0. The van der Waals surface area contributed by atoms with Crippen molar-refractivity contribution in [1.82, 2.24) is 19.9 Å². The second-order valence-electron chi connectivity index (χ2n) is 5.25. The summed E-state index contributed by atoms with van der Waals surface area (Å²) in [5.41, 5.74) is 2.54. The topological polar surface area (TPSA) is 63.3 Å². The van der Waals surface area contributed by atoms with Gasteiger partial charge in [0.15, 0.2) is 5.82 Å². The number of likely N-dealkylation sites (N-methyl/N-ethyl adjacent to an activating group) is 2. The van der Waals surface area contributed by atoms with Crippen molar-refractivity contribution in [2.75, 3.05) is 27.2 Å². The van der Waals surface area contributed by atoms with Gasteiger partial charge in [0.1, 0.15) is 5.76 Å². The van der Waals surface area contributed by atoms with Crippen molar-refractivity contribution >= 4 is 18.3 Å². The molecule has 122 valence electrons. The number of nitrogens with zero attached hydrogens (tertiary/aromatic N) is 3. The summed E-state index contributed by atoms with van der Waals surface area (Å²) in [6.45, 7) is 7.17. The minimum absolute atomic E-state index is 0. The number of carbonyl (C=O) groups is 1. The van der Waals surface area contributed by atoms with E-state index in [2.05, 4.69) is 10.5 Å². The van der Waals surface area contributed by atoms with Gasteiger partial charge in [-0.2, -0.15) is 0 Å². The van der Waals surface area contributed by atoms with E-state index in [1.54, 1.807) is 4.90 Å². The Hall–Kier alpha value is -1.79. The molecule has 0 saturated carbocycles. The maximum atomic E-state index is 12.5. The smallest absolute Gasteiger partial charge is 0.255 e. The zero-order valence-electron chi connectivity index (χ0n) is 13.6. The molecule has 0 aliphatic heterocycles. The van der Waals surface area contributed by atoms with Gasteiger partial charge < -0.3 is 14.7 Å². The summed E-state index contributed by atoms with van der Waals surface area (Å²) in [6, 6.07) is 3.76. The quantitative estimate of drug-likeness (QED) is 0.914. The van der Waals surface area contributed by atoms with Crippen LogP contribution < -0.4 is 5.32 Å². The first-order chi connectivity index (χ1) is 9.95. The van der Waals surface area contributed by atoms with E-state index in [9.17, 15) is 4.79 Å². The van der Waals surface area contributed by atoms with Crippen LogP contribution in [0.1, 0.15) is 27.5 Å². The van der Waals surface area contributed by atoms with E-state index in [0.717, 1.165) is 23.7 Å². The van der Waals surface area contributed by atoms with Gasteiger partial charge in [0.25, 0.3) is 5.91 Å². The first-order valence-corrected chi connectivity index (χ1v) is 6.98. The molecule has 2 aromatic rings. The Morgan fingerprint density at radius 1 is 1.36 bits per heavy atom. The van der Waals surface area contributed by atoms with E-state index in [1.807, 2.05) is 51.6 Å². The Labute approximate surface area is 136 Å². The average molecular weight is 327 g/mol. The Balaban J connectivity index is 0.00000242. The number of halogens is 1. The molecule has 0 bridgehead atoms. The molecule has 0 spiro atoms. The number of carbonyl (C=O) groups excluding carboxylic acids is 1. The molecule has 0 fully saturated rings. The molecule has 0 saturated heterocycles. The fraction of sp³-hybridized carbons (Fsp3) is 0.467. The fourth-order valence-electron chi connectivity index (χ4n) is 2.38. The number of aromatic nitrogens is 2. The normalized spacial score (nSPS) is 10.4. The van der Waals surface area contributed by atoms with Crippen LogP contribution in [0.15, 0.2) is 16.7 Å². The highest BCUT2D eigenvalue weighted by Gasteiger charge is 2.20. The van der Waals surface area contributed by atoms with Crippen LogP contribution >= 0.6 is 12.4 Å². The molecule has 0 aliphatic rings. The van der Waals surface area contributed by atoms with Crippen molar-refractivity contribution in [2.24, 2.45) is 0 Å². The molecule has 1 N–H and O–H groups in total. The largest absolute Gasteiger partial charge is 0.360 e. The molecule has 0 unspecified atom stereocenters. The molecule has 6 nitrogen and oxygen atoms in total. The second-order valence-corrected chi connectivity index (χ2v) is 5.25. The van der Waals surface area contributed by atoms with Gasteiger partial charge in [0.2, 0.25) is 0 Å². The minimum Gasteiger partial charge on any atom is -0.360 e. The van der Waals surface area contributed by atoms with Crippen molar-refractivity contribution in [3.8, 4) is 5.82 Å². The number of hydrogen-bond acceptors (Lipinski definition) is 4. The molecule has 2 aromatic heterocycles. The molecule has 0 atom stereocenters. The average Bonchev–Trinajstić information content (AvgIpc) is 2.99. The lowest BCUT2D eigenvalue weighted by Gasteiger charge is -2.16. The van der Waals surface area contributed by atoms with E-state index < -0.39 is 0 Å². The highest BCUT2D eigenvalue weighted by atomic mass is 35.5. The molecule has 1 amide bonds. The standard InChI is InChI=1S/C15H22N4O2.ClH/c1-10-8-13(15(20)18(5)7-6-16-4)12(3)19(10)14-9-11(2)21-17-14;/h8-9,16H,6-7H2,1-5H3;1H. The van der Waals surface area contributed by atoms with Crippen molar-refractivity contribution < 1.29 is 9.32 Å². The zero-order chi connectivity index (χ0) is 15.6. The number of hydrogen-bond donors (Lipinski definition) is 1. The van der Waals surface area contributed by atoms with Crippen molar-refractivity contribution in [1.29, 1.82) is 0 Å². The van der Waals surface area contributed by atoms with Crippen LogP contribution in [0.4, 0.5) is 0 Å². The molecule has 0 aliphatic carbocycles. The molecule has 0 aromatic carbocycles. The minimum atomic E-state index is 0. The maximum Gasteiger partial charge on any atom is 0.255 e. The summed E-state index contributed by atoms with van der Waals surface area (Å²) in [5, 5.41) is 7.07. The number of amides is 1. The van der Waals surface area contributed by atoms with Gasteiger partial charge >= 0.3 is 0 Å². The molecule has 7 heteroatoms. The Bertz CT molecular complexity index is 648. The summed E-state index contributed by atoms with van der Waals surface area (Å²) in [5.74, 6) is 1.47. The maximum absolute atomic E-state index is 12.5. The molecule has 0 radical (unpaired) electrons. The van der Waals surface area contributed by atoms with E-state index in [1.165, 1.54) is 0 Å². The lowest BCUT2D eigenvalue weighted by Crippen LogP contribution is -2.33. The van der Waals surface area contributed by atoms with Crippen LogP contribution in [0.3, 0.4) is 0 Å². The number of rotatable bonds is 5. The SMILES string of the molecule is CNCCN(C)C(=O)c1cc(C)n(-c2cc(C)on2)c1C.Cl. The van der Waals surface area contributed by atoms with Crippen LogP contribution in [-0.4, -0.2) is 47.7 Å². The van der Waals surface area contributed by atoms with Crippen LogP contribution in [0.5, 0.6) is 0 Å². The summed E-state index contributed by atoms with van der Waals surface area (Å²) in [7, 11) is 3.68. The summed E-state index contributed by atoms with van der Waals surface area (Å²) in [6.07, 6.45) is 0. The van der Waals surface area contributed by atoms with Gasteiger partial charge in [-0.1, -0.05) is 5.16 Å². The van der Waals surface area contributed by atoms with Crippen molar-refractivity contribution in [2.45, 2.75) is 20.8 Å². The van der Waals surface area contributed by atoms with E-state index >= 15 is 0 Å². The summed E-state index contributed by atoms with van der Waals surface area (Å²) < 4.78 is 7.06. The van der Waals surface area contributed by atoms with Crippen LogP contribution in [-0.2, 0) is 0 Å². The van der Waals surface area contributed by atoms with Crippen molar-refractivity contribution in [3.63, 3.8) is 0 Å². The predicted octanol–water partition coefficient (Wildman–Crippen LogP) is 2.10. The molecule has 2 heterocycles. The van der Waals surface area contributed by atoms with E-state index in [-0.39, 0.29) is 18.3 Å².